The predicted molar refractivity (Wildman–Crippen MR) is 84.0 cm³/mol. The molecule has 1 amide bonds. The second-order valence-corrected chi connectivity index (χ2v) is 6.25. The molecule has 1 fully saturated rings. The standard InChI is InChI=1S/C19H19NO2/c21-19(16-12-13-8-9-15(16)11-13)20-18(17-7-4-10-22-17)14-5-2-1-3-6-14/h1-10,13,15-16,18H,11-12H2,(H,20,21). The summed E-state index contributed by atoms with van der Waals surface area (Å²) in [6, 6.07) is 13.5. The summed E-state index contributed by atoms with van der Waals surface area (Å²) in [7, 11) is 0. The van der Waals surface area contributed by atoms with Crippen molar-refractivity contribution in [2.45, 2.75) is 18.9 Å². The molecule has 4 rings (SSSR count). The van der Waals surface area contributed by atoms with Crippen molar-refractivity contribution >= 4 is 5.91 Å². The number of nitrogens with one attached hydrogen (secondary N) is 1. The largest absolute Gasteiger partial charge is 0.467 e. The van der Waals surface area contributed by atoms with Crippen LogP contribution in [0.15, 0.2) is 65.3 Å². The Bertz CT molecular complexity index is 675. The van der Waals surface area contributed by atoms with Crippen molar-refractivity contribution in [2.24, 2.45) is 17.8 Å². The van der Waals surface area contributed by atoms with E-state index in [0.29, 0.717) is 11.8 Å². The van der Waals surface area contributed by atoms with Gasteiger partial charge in [-0.3, -0.25) is 4.79 Å². The summed E-state index contributed by atoms with van der Waals surface area (Å²) in [5.74, 6) is 2.04. The summed E-state index contributed by atoms with van der Waals surface area (Å²) >= 11 is 0. The number of carbonyl (C=O) groups excluding carboxylic acids is 1. The molecule has 0 radical (unpaired) electrons. The van der Waals surface area contributed by atoms with Gasteiger partial charge in [0.25, 0.3) is 0 Å². The van der Waals surface area contributed by atoms with Gasteiger partial charge in [0.05, 0.1) is 6.26 Å². The average Bonchev–Trinajstić information content (AvgIpc) is 3.30. The average molecular weight is 293 g/mol. The van der Waals surface area contributed by atoms with Gasteiger partial charge in [-0.1, -0.05) is 42.5 Å². The third kappa shape index (κ3) is 2.37. The minimum Gasteiger partial charge on any atom is -0.467 e. The van der Waals surface area contributed by atoms with Crippen LogP contribution in [0.1, 0.15) is 30.2 Å². The molecule has 112 valence electrons. The third-order valence-electron chi connectivity index (χ3n) is 4.86. The Morgan fingerprint density at radius 2 is 1.95 bits per heavy atom. The first-order valence-corrected chi connectivity index (χ1v) is 7.88. The third-order valence-corrected chi connectivity index (χ3v) is 4.86. The van der Waals surface area contributed by atoms with Crippen molar-refractivity contribution in [1.82, 2.24) is 5.32 Å². The molecule has 0 spiro atoms. The summed E-state index contributed by atoms with van der Waals surface area (Å²) in [5, 5.41) is 3.20. The molecule has 3 heteroatoms. The maximum atomic E-state index is 12.7. The van der Waals surface area contributed by atoms with Gasteiger partial charge in [0.15, 0.2) is 0 Å². The summed E-state index contributed by atoms with van der Waals surface area (Å²) in [6.45, 7) is 0. The first kappa shape index (κ1) is 13.4. The molecule has 0 saturated heterocycles. The van der Waals surface area contributed by atoms with Crippen molar-refractivity contribution in [3.63, 3.8) is 0 Å². The SMILES string of the molecule is O=C(NC(c1ccccc1)c1ccco1)C1CC2C=CC1C2. The van der Waals surface area contributed by atoms with Gasteiger partial charge in [-0.25, -0.2) is 0 Å². The quantitative estimate of drug-likeness (QED) is 0.873. The molecule has 1 heterocycles. The maximum absolute atomic E-state index is 12.7. The van der Waals surface area contributed by atoms with Crippen LogP contribution in [-0.4, -0.2) is 5.91 Å². The van der Waals surface area contributed by atoms with Gasteiger partial charge >= 0.3 is 0 Å². The van der Waals surface area contributed by atoms with Crippen LogP contribution in [0.5, 0.6) is 0 Å². The van der Waals surface area contributed by atoms with E-state index in [1.165, 1.54) is 0 Å². The maximum Gasteiger partial charge on any atom is 0.224 e. The van der Waals surface area contributed by atoms with Crippen molar-refractivity contribution in [3.05, 3.63) is 72.2 Å². The molecule has 4 atom stereocenters. The van der Waals surface area contributed by atoms with E-state index in [0.717, 1.165) is 24.2 Å². The van der Waals surface area contributed by atoms with Gasteiger partial charge in [-0.15, -0.1) is 0 Å². The van der Waals surface area contributed by atoms with Crippen molar-refractivity contribution in [1.29, 1.82) is 0 Å². The van der Waals surface area contributed by atoms with Crippen molar-refractivity contribution < 1.29 is 9.21 Å². The molecule has 4 unspecified atom stereocenters. The molecule has 1 aromatic heterocycles. The van der Waals surface area contributed by atoms with Crippen LogP contribution in [0.25, 0.3) is 0 Å². The second-order valence-electron chi connectivity index (χ2n) is 6.25. The van der Waals surface area contributed by atoms with Crippen molar-refractivity contribution in [2.75, 3.05) is 0 Å². The fraction of sp³-hybridized carbons (Fsp3) is 0.316. The first-order valence-electron chi connectivity index (χ1n) is 7.88. The zero-order valence-electron chi connectivity index (χ0n) is 12.3. The van der Waals surface area contributed by atoms with E-state index >= 15 is 0 Å². The van der Waals surface area contributed by atoms with Gasteiger partial charge in [0.1, 0.15) is 11.8 Å². The molecular formula is C19H19NO2. The van der Waals surface area contributed by atoms with E-state index in [9.17, 15) is 4.79 Å². The Kier molecular flexibility index (Phi) is 3.34. The van der Waals surface area contributed by atoms with E-state index in [1.807, 2.05) is 42.5 Å². The van der Waals surface area contributed by atoms with Crippen LogP contribution in [0.3, 0.4) is 0 Å². The van der Waals surface area contributed by atoms with Gasteiger partial charge in [0.2, 0.25) is 5.91 Å². The highest BCUT2D eigenvalue weighted by Gasteiger charge is 2.40. The lowest BCUT2D eigenvalue weighted by atomic mass is 9.92. The van der Waals surface area contributed by atoms with E-state index in [1.54, 1.807) is 6.26 Å². The molecule has 1 saturated carbocycles. The Hall–Kier alpha value is -2.29. The van der Waals surface area contributed by atoms with Gasteiger partial charge in [-0.05, 0) is 42.4 Å². The number of amides is 1. The molecule has 3 nitrogen and oxygen atoms in total. The highest BCUT2D eigenvalue weighted by molar-refractivity contribution is 5.80. The van der Waals surface area contributed by atoms with E-state index in [2.05, 4.69) is 17.5 Å². The fourth-order valence-electron chi connectivity index (χ4n) is 3.75. The van der Waals surface area contributed by atoms with Crippen LogP contribution in [0.2, 0.25) is 0 Å². The molecule has 1 N–H and O–H groups in total. The van der Waals surface area contributed by atoms with Crippen molar-refractivity contribution in [3.8, 4) is 0 Å². The Balaban J connectivity index is 1.57. The van der Waals surface area contributed by atoms with E-state index in [4.69, 9.17) is 4.42 Å². The molecule has 2 aliphatic rings. The highest BCUT2D eigenvalue weighted by atomic mass is 16.3. The van der Waals surface area contributed by atoms with E-state index in [-0.39, 0.29) is 17.9 Å². The number of benzene rings is 1. The Morgan fingerprint density at radius 3 is 2.59 bits per heavy atom. The molecule has 0 aliphatic heterocycles. The van der Waals surface area contributed by atoms with Crippen LogP contribution < -0.4 is 5.32 Å². The summed E-state index contributed by atoms with van der Waals surface area (Å²) in [5.41, 5.74) is 1.05. The van der Waals surface area contributed by atoms with Gasteiger partial charge < -0.3 is 9.73 Å². The molecular weight excluding hydrogens is 274 g/mol. The highest BCUT2D eigenvalue weighted by Crippen LogP contribution is 2.43. The summed E-state index contributed by atoms with van der Waals surface area (Å²) in [6.07, 6.45) is 8.23. The minimum atomic E-state index is -0.216. The number of furan rings is 1. The monoisotopic (exact) mass is 293 g/mol. The van der Waals surface area contributed by atoms with Gasteiger partial charge in [-0.2, -0.15) is 0 Å². The number of allylic oxidation sites excluding steroid dienone is 2. The lowest BCUT2D eigenvalue weighted by Crippen LogP contribution is -2.36. The zero-order chi connectivity index (χ0) is 14.9. The molecule has 22 heavy (non-hydrogen) atoms. The fourth-order valence-corrected chi connectivity index (χ4v) is 3.75. The lowest BCUT2D eigenvalue weighted by Gasteiger charge is -2.22. The van der Waals surface area contributed by atoms with Crippen LogP contribution >= 0.6 is 0 Å². The molecule has 1 aromatic carbocycles. The predicted octanol–water partition coefficient (Wildman–Crippen LogP) is 3.70. The number of hydrogen-bond donors (Lipinski definition) is 1. The number of rotatable bonds is 4. The lowest BCUT2D eigenvalue weighted by molar-refractivity contribution is -0.126. The van der Waals surface area contributed by atoms with Crippen LogP contribution in [0.4, 0.5) is 0 Å². The summed E-state index contributed by atoms with van der Waals surface area (Å²) in [4.78, 5) is 12.7. The zero-order valence-corrected chi connectivity index (χ0v) is 12.3. The second kappa shape index (κ2) is 5.48. The Morgan fingerprint density at radius 1 is 1.09 bits per heavy atom. The molecule has 2 bridgehead atoms. The number of carbonyl (C=O) groups is 1. The smallest absolute Gasteiger partial charge is 0.224 e. The molecule has 2 aromatic rings. The summed E-state index contributed by atoms with van der Waals surface area (Å²) < 4.78 is 5.55. The van der Waals surface area contributed by atoms with Crippen LogP contribution in [-0.2, 0) is 4.79 Å². The minimum absolute atomic E-state index is 0.108. The van der Waals surface area contributed by atoms with Gasteiger partial charge in [0, 0.05) is 5.92 Å². The number of hydrogen-bond acceptors (Lipinski definition) is 2. The van der Waals surface area contributed by atoms with Crippen LogP contribution in [0, 0.1) is 17.8 Å². The number of fused-ring (bicyclic) bond motifs is 2. The topological polar surface area (TPSA) is 42.2 Å². The normalized spacial score (nSPS) is 27.0. The van der Waals surface area contributed by atoms with E-state index < -0.39 is 0 Å². The first-order chi connectivity index (χ1) is 10.8. The molecule has 2 aliphatic carbocycles. The Labute approximate surface area is 130 Å².